The fourth-order valence-electron chi connectivity index (χ4n) is 4.56. The summed E-state index contributed by atoms with van der Waals surface area (Å²) in [4.78, 5) is 17.4. The second-order valence-corrected chi connectivity index (χ2v) is 11.7. The number of aromatic amines is 1. The number of nitrogens with one attached hydrogen (secondary N) is 3. The van der Waals surface area contributed by atoms with Gasteiger partial charge in [0.15, 0.2) is 16.8 Å². The number of hydrogen-bond donors (Lipinski definition) is 3. The summed E-state index contributed by atoms with van der Waals surface area (Å²) >= 11 is 8.78. The normalized spacial score (nSPS) is 18.9. The molecule has 33 heavy (non-hydrogen) atoms. The predicted octanol–water partition coefficient (Wildman–Crippen LogP) is 5.28. The van der Waals surface area contributed by atoms with Gasteiger partial charge in [0.05, 0.1) is 12.1 Å². The molecule has 3 N–H and O–H groups in total. The molecule has 178 valence electrons. The van der Waals surface area contributed by atoms with E-state index in [-0.39, 0.29) is 16.4 Å². The maximum Gasteiger partial charge on any atom is 0.182 e. The van der Waals surface area contributed by atoms with E-state index in [2.05, 4.69) is 88.2 Å². The van der Waals surface area contributed by atoms with E-state index in [0.29, 0.717) is 36.3 Å². The van der Waals surface area contributed by atoms with Crippen molar-refractivity contribution in [3.8, 4) is 0 Å². The molecule has 0 aliphatic carbocycles. The molecule has 0 bridgehead atoms. The topological polar surface area (TPSA) is 87.6 Å². The number of fused-ring (bicyclic) bond motifs is 1. The maximum atomic E-state index is 12.9. The minimum Gasteiger partial charge on any atom is -0.361 e. The van der Waals surface area contributed by atoms with E-state index in [9.17, 15) is 4.79 Å². The van der Waals surface area contributed by atoms with E-state index in [1.807, 2.05) is 11.6 Å². The first-order chi connectivity index (χ1) is 15.6. The number of imidazole rings is 1. The Bertz CT molecular complexity index is 1180. The first-order valence-electron chi connectivity index (χ1n) is 11.4. The fraction of sp³-hybridized carbons (Fsp3) is 0.542. The maximum absolute atomic E-state index is 12.9. The van der Waals surface area contributed by atoms with Crippen LogP contribution < -0.4 is 10.6 Å². The van der Waals surface area contributed by atoms with Gasteiger partial charge in [0.25, 0.3) is 0 Å². The van der Waals surface area contributed by atoms with Crippen molar-refractivity contribution >= 4 is 56.7 Å². The molecule has 2 atom stereocenters. The molecule has 1 aliphatic heterocycles. The Hall–Kier alpha value is -1.65. The zero-order valence-electron chi connectivity index (χ0n) is 19.9. The van der Waals surface area contributed by atoms with Gasteiger partial charge in [0, 0.05) is 22.4 Å². The lowest BCUT2D eigenvalue weighted by Gasteiger charge is -2.21. The Morgan fingerprint density at radius 1 is 1.33 bits per heavy atom. The number of Topliss-reactive ketones (excluding diaryl/α,β-unsaturated/α-hetero) is 1. The van der Waals surface area contributed by atoms with Crippen molar-refractivity contribution in [1.29, 1.82) is 0 Å². The van der Waals surface area contributed by atoms with Crippen molar-refractivity contribution in [2.24, 2.45) is 18.9 Å². The molecule has 4 rings (SSSR count). The van der Waals surface area contributed by atoms with E-state index in [0.717, 1.165) is 36.2 Å². The fourth-order valence-corrected chi connectivity index (χ4v) is 6.17. The van der Waals surface area contributed by atoms with Crippen LogP contribution in [0.2, 0.25) is 5.15 Å². The van der Waals surface area contributed by atoms with Gasteiger partial charge in [-0.05, 0) is 77.0 Å². The Morgan fingerprint density at radius 3 is 2.76 bits per heavy atom. The van der Waals surface area contributed by atoms with Gasteiger partial charge in [-0.1, -0.05) is 39.3 Å². The van der Waals surface area contributed by atoms with Crippen LogP contribution >= 0.6 is 34.2 Å². The summed E-state index contributed by atoms with van der Waals surface area (Å²) < 4.78 is 3.02. The second-order valence-electron chi connectivity index (χ2n) is 10.1. The monoisotopic (exact) mass is 582 g/mol. The molecule has 1 aliphatic rings. The minimum atomic E-state index is 0.0358. The number of anilines is 1. The van der Waals surface area contributed by atoms with Gasteiger partial charge in [-0.3, -0.25) is 9.89 Å². The summed E-state index contributed by atoms with van der Waals surface area (Å²) in [5.41, 5.74) is 2.79. The third-order valence-electron chi connectivity index (χ3n) is 6.70. The van der Waals surface area contributed by atoms with Crippen LogP contribution in [0.3, 0.4) is 0 Å². The summed E-state index contributed by atoms with van der Waals surface area (Å²) in [7, 11) is 1.85. The molecule has 2 aromatic heterocycles. The zero-order chi connectivity index (χ0) is 23.9. The molecule has 9 heteroatoms. The van der Waals surface area contributed by atoms with Gasteiger partial charge in [0.2, 0.25) is 0 Å². The Morgan fingerprint density at radius 2 is 2.09 bits per heavy atom. The average Bonchev–Trinajstić information content (AvgIpc) is 3.40. The highest BCUT2D eigenvalue weighted by atomic mass is 127. The van der Waals surface area contributed by atoms with Gasteiger partial charge in [0.1, 0.15) is 11.5 Å². The standard InChI is InChI=1S/C24H32ClIN6O/c1-13-10-27-11-14(13)6-7-19(33)21-22(25)29-20(32(21)5)12-28-23-15-8-16(24(2,3)4)17(26)9-18(15)30-31-23/h8-9,13-14,27H,6-7,10-12H2,1-5H3,(H2,28,30,31)/t13-,14+/m1/s1. The van der Waals surface area contributed by atoms with Crippen LogP contribution in [0.25, 0.3) is 10.9 Å². The summed E-state index contributed by atoms with van der Waals surface area (Å²) in [6, 6.07) is 4.33. The van der Waals surface area contributed by atoms with E-state index >= 15 is 0 Å². The van der Waals surface area contributed by atoms with E-state index < -0.39 is 0 Å². The zero-order valence-corrected chi connectivity index (χ0v) is 22.8. The summed E-state index contributed by atoms with van der Waals surface area (Å²) in [6.45, 7) is 11.3. The number of hydrogen-bond acceptors (Lipinski definition) is 5. The van der Waals surface area contributed by atoms with E-state index in [1.165, 1.54) is 9.13 Å². The van der Waals surface area contributed by atoms with Gasteiger partial charge in [-0.25, -0.2) is 4.98 Å². The summed E-state index contributed by atoms with van der Waals surface area (Å²) in [5, 5.41) is 15.7. The minimum absolute atomic E-state index is 0.0358. The predicted molar refractivity (Wildman–Crippen MR) is 142 cm³/mol. The molecule has 1 fully saturated rings. The quantitative estimate of drug-likeness (QED) is 0.261. The Balaban J connectivity index is 1.49. The smallest absolute Gasteiger partial charge is 0.182 e. The lowest BCUT2D eigenvalue weighted by atomic mass is 9.86. The van der Waals surface area contributed by atoms with Crippen molar-refractivity contribution in [2.75, 3.05) is 18.4 Å². The first-order valence-corrected chi connectivity index (χ1v) is 12.9. The molecule has 0 unspecified atom stereocenters. The van der Waals surface area contributed by atoms with Crippen molar-refractivity contribution in [3.63, 3.8) is 0 Å². The Kier molecular flexibility index (Phi) is 7.08. The number of H-pyrrole nitrogens is 1. The first kappa shape index (κ1) is 24.5. The van der Waals surface area contributed by atoms with E-state index in [4.69, 9.17) is 11.6 Å². The molecule has 0 radical (unpaired) electrons. The molecule has 3 heterocycles. The molecule has 1 aromatic carbocycles. The van der Waals surface area contributed by atoms with Crippen LogP contribution in [0.15, 0.2) is 12.1 Å². The van der Waals surface area contributed by atoms with Gasteiger partial charge in [-0.2, -0.15) is 5.10 Å². The molecule has 1 saturated heterocycles. The van der Waals surface area contributed by atoms with Gasteiger partial charge >= 0.3 is 0 Å². The number of aromatic nitrogens is 4. The molecule has 0 saturated carbocycles. The molecule has 3 aromatic rings. The highest BCUT2D eigenvalue weighted by molar-refractivity contribution is 14.1. The van der Waals surface area contributed by atoms with Crippen LogP contribution in [0.5, 0.6) is 0 Å². The Labute approximate surface area is 213 Å². The molecular weight excluding hydrogens is 551 g/mol. The second kappa shape index (κ2) is 9.54. The van der Waals surface area contributed by atoms with Gasteiger partial charge < -0.3 is 15.2 Å². The molecular formula is C24H32ClIN6O. The number of carbonyl (C=O) groups is 1. The summed E-state index contributed by atoms with van der Waals surface area (Å²) in [5.74, 6) is 2.66. The van der Waals surface area contributed by atoms with Crippen molar-refractivity contribution in [3.05, 3.63) is 37.9 Å². The van der Waals surface area contributed by atoms with Crippen molar-refractivity contribution in [1.82, 2.24) is 25.1 Å². The van der Waals surface area contributed by atoms with Crippen LogP contribution in [0.4, 0.5) is 5.82 Å². The lowest BCUT2D eigenvalue weighted by Crippen LogP contribution is -2.15. The number of halogens is 2. The molecule has 7 nitrogen and oxygen atoms in total. The third kappa shape index (κ3) is 5.07. The van der Waals surface area contributed by atoms with Crippen LogP contribution in [0.1, 0.15) is 62.4 Å². The largest absolute Gasteiger partial charge is 0.361 e. The highest BCUT2D eigenvalue weighted by Crippen LogP contribution is 2.33. The van der Waals surface area contributed by atoms with Gasteiger partial charge in [-0.15, -0.1) is 0 Å². The SMILES string of the molecule is C[C@@H]1CNC[C@@H]1CCC(=O)c1c(Cl)nc(CNc2n[nH]c3cc(I)c(C(C)(C)C)cc23)n1C. The lowest BCUT2D eigenvalue weighted by molar-refractivity contribution is 0.0964. The van der Waals surface area contributed by atoms with Crippen LogP contribution in [-0.2, 0) is 19.0 Å². The average molecular weight is 583 g/mol. The number of ketones is 1. The van der Waals surface area contributed by atoms with Crippen molar-refractivity contribution < 1.29 is 4.79 Å². The number of nitrogens with zero attached hydrogens (tertiary/aromatic N) is 3. The van der Waals surface area contributed by atoms with Crippen LogP contribution in [-0.4, -0.2) is 38.6 Å². The highest BCUT2D eigenvalue weighted by Gasteiger charge is 2.26. The van der Waals surface area contributed by atoms with Crippen molar-refractivity contribution in [2.45, 2.75) is 52.5 Å². The number of benzene rings is 1. The van der Waals surface area contributed by atoms with E-state index in [1.54, 1.807) is 0 Å². The number of carbonyl (C=O) groups excluding carboxylic acids is 1. The third-order valence-corrected chi connectivity index (χ3v) is 7.86. The molecule has 0 spiro atoms. The van der Waals surface area contributed by atoms with Crippen LogP contribution in [0, 0.1) is 15.4 Å². The molecule has 0 amide bonds. The number of rotatable bonds is 7. The summed E-state index contributed by atoms with van der Waals surface area (Å²) in [6.07, 6.45) is 1.36.